The fourth-order valence-electron chi connectivity index (χ4n) is 3.02. The third kappa shape index (κ3) is 3.47. The van der Waals surface area contributed by atoms with Crippen molar-refractivity contribution in [3.63, 3.8) is 0 Å². The molecule has 0 aromatic carbocycles. The van der Waals surface area contributed by atoms with Gasteiger partial charge in [0.05, 0.1) is 24.9 Å². The number of hydrogen-bond donors (Lipinski definition) is 2. The van der Waals surface area contributed by atoms with E-state index in [9.17, 15) is 5.11 Å². The molecule has 2 rings (SSSR count). The van der Waals surface area contributed by atoms with Gasteiger partial charge in [-0.2, -0.15) is 0 Å². The van der Waals surface area contributed by atoms with Gasteiger partial charge >= 0.3 is 0 Å². The molecule has 1 unspecified atom stereocenters. The van der Waals surface area contributed by atoms with Gasteiger partial charge in [-0.3, -0.25) is 5.32 Å². The quantitative estimate of drug-likeness (QED) is 0.758. The zero-order valence-corrected chi connectivity index (χ0v) is 12.4. The van der Waals surface area contributed by atoms with Crippen molar-refractivity contribution in [2.75, 3.05) is 13.7 Å². The lowest BCUT2D eigenvalue weighted by Crippen LogP contribution is -2.58. The van der Waals surface area contributed by atoms with Gasteiger partial charge in [0.25, 0.3) is 0 Å². The predicted molar refractivity (Wildman–Crippen MR) is 71.7 cm³/mol. The molecule has 2 heterocycles. The van der Waals surface area contributed by atoms with E-state index in [1.165, 1.54) is 0 Å². The molecule has 0 spiro atoms. The lowest BCUT2D eigenvalue weighted by molar-refractivity contribution is -0.197. The average Bonchev–Trinajstić information content (AvgIpc) is 2.71. The molecule has 2 fully saturated rings. The van der Waals surface area contributed by atoms with Gasteiger partial charge in [-0.1, -0.05) is 6.92 Å². The highest BCUT2D eigenvalue weighted by Crippen LogP contribution is 2.33. The Kier molecular flexibility index (Phi) is 4.52. The van der Waals surface area contributed by atoms with Crippen LogP contribution in [0, 0.1) is 0 Å². The summed E-state index contributed by atoms with van der Waals surface area (Å²) >= 11 is 0. The molecule has 0 radical (unpaired) electrons. The molecule has 2 N–H and O–H groups in total. The standard InChI is InChI=1S/C14H27NO4/c1-5-12-14(16,15-4)7-6-10(18-12)8-11-9-17-13(2,3)19-11/h10-12,15-16H,5-9H2,1-4H3/t10-,11+,12+,14?/m0/s1. The summed E-state index contributed by atoms with van der Waals surface area (Å²) in [6, 6.07) is 0. The molecule has 5 nitrogen and oxygen atoms in total. The van der Waals surface area contributed by atoms with Gasteiger partial charge in [-0.05, 0) is 40.2 Å². The first-order chi connectivity index (χ1) is 8.88. The van der Waals surface area contributed by atoms with E-state index in [1.807, 2.05) is 20.8 Å². The van der Waals surface area contributed by atoms with E-state index in [0.717, 1.165) is 19.3 Å². The first-order valence-corrected chi connectivity index (χ1v) is 7.27. The van der Waals surface area contributed by atoms with Gasteiger partial charge in [0, 0.05) is 6.42 Å². The van der Waals surface area contributed by atoms with Gasteiger partial charge < -0.3 is 19.3 Å². The Morgan fingerprint density at radius 1 is 1.32 bits per heavy atom. The summed E-state index contributed by atoms with van der Waals surface area (Å²) in [4.78, 5) is 0. The van der Waals surface area contributed by atoms with E-state index in [-0.39, 0.29) is 18.3 Å². The molecule has 2 aliphatic heterocycles. The van der Waals surface area contributed by atoms with Crippen molar-refractivity contribution in [3.05, 3.63) is 0 Å². The van der Waals surface area contributed by atoms with Gasteiger partial charge in [-0.15, -0.1) is 0 Å². The van der Waals surface area contributed by atoms with Crippen molar-refractivity contribution in [2.45, 2.75) is 76.3 Å². The topological polar surface area (TPSA) is 60.0 Å². The highest BCUT2D eigenvalue weighted by Gasteiger charge is 2.42. The van der Waals surface area contributed by atoms with E-state index in [2.05, 4.69) is 5.32 Å². The molecule has 2 aliphatic rings. The van der Waals surface area contributed by atoms with E-state index in [1.54, 1.807) is 7.05 Å². The van der Waals surface area contributed by atoms with Crippen LogP contribution in [0.1, 0.15) is 46.5 Å². The van der Waals surface area contributed by atoms with E-state index in [0.29, 0.717) is 13.0 Å². The zero-order chi connectivity index (χ0) is 14.1. The predicted octanol–water partition coefficient (Wildman–Crippen LogP) is 1.39. The Bertz CT molecular complexity index is 310. The van der Waals surface area contributed by atoms with Crippen LogP contribution in [0.2, 0.25) is 0 Å². The second kappa shape index (κ2) is 5.66. The molecule has 0 bridgehead atoms. The highest BCUT2D eigenvalue weighted by atomic mass is 16.7. The molecule has 19 heavy (non-hydrogen) atoms. The summed E-state index contributed by atoms with van der Waals surface area (Å²) in [6.07, 6.45) is 3.25. The molecule has 2 saturated heterocycles. The smallest absolute Gasteiger partial charge is 0.163 e. The van der Waals surface area contributed by atoms with Gasteiger partial charge in [0.2, 0.25) is 0 Å². The van der Waals surface area contributed by atoms with Gasteiger partial charge in [-0.25, -0.2) is 0 Å². The molecule has 112 valence electrons. The zero-order valence-electron chi connectivity index (χ0n) is 12.4. The third-order valence-electron chi connectivity index (χ3n) is 4.13. The molecule has 0 aromatic heterocycles. The maximum atomic E-state index is 10.4. The number of ether oxygens (including phenoxy) is 3. The Morgan fingerprint density at radius 3 is 2.58 bits per heavy atom. The highest BCUT2D eigenvalue weighted by molar-refractivity contribution is 4.90. The fourth-order valence-corrected chi connectivity index (χ4v) is 3.02. The number of likely N-dealkylation sites (N-methyl/N-ethyl adjacent to an activating group) is 1. The fraction of sp³-hybridized carbons (Fsp3) is 1.00. The monoisotopic (exact) mass is 273 g/mol. The summed E-state index contributed by atoms with van der Waals surface area (Å²) in [7, 11) is 1.78. The minimum Gasteiger partial charge on any atom is -0.373 e. The molecule has 0 aromatic rings. The minimum absolute atomic E-state index is 0.0956. The first-order valence-electron chi connectivity index (χ1n) is 7.27. The average molecular weight is 273 g/mol. The van der Waals surface area contributed by atoms with Gasteiger partial charge in [0.1, 0.15) is 5.72 Å². The van der Waals surface area contributed by atoms with Crippen molar-refractivity contribution >= 4 is 0 Å². The second-order valence-electron chi connectivity index (χ2n) is 6.05. The SMILES string of the molecule is CC[C@H]1O[C@H](C[C@@H]2COC(C)(C)O2)CCC1(O)NC. The first kappa shape index (κ1) is 15.2. The van der Waals surface area contributed by atoms with Crippen molar-refractivity contribution in [3.8, 4) is 0 Å². The maximum absolute atomic E-state index is 10.4. The van der Waals surface area contributed by atoms with Crippen LogP contribution in [-0.4, -0.2) is 48.6 Å². The normalized spacial score (nSPS) is 42.5. The van der Waals surface area contributed by atoms with Crippen molar-refractivity contribution in [2.24, 2.45) is 0 Å². The molecule has 4 atom stereocenters. The van der Waals surface area contributed by atoms with Crippen LogP contribution in [-0.2, 0) is 14.2 Å². The summed E-state index contributed by atoms with van der Waals surface area (Å²) in [5.41, 5.74) is -0.891. The Balaban J connectivity index is 1.87. The maximum Gasteiger partial charge on any atom is 0.163 e. The second-order valence-corrected chi connectivity index (χ2v) is 6.05. The molecule has 0 amide bonds. The molecule has 0 aliphatic carbocycles. The lowest BCUT2D eigenvalue weighted by atomic mass is 9.91. The van der Waals surface area contributed by atoms with Crippen LogP contribution < -0.4 is 5.32 Å². The van der Waals surface area contributed by atoms with Crippen molar-refractivity contribution < 1.29 is 19.3 Å². The number of nitrogens with one attached hydrogen (secondary N) is 1. The van der Waals surface area contributed by atoms with Crippen molar-refractivity contribution in [1.29, 1.82) is 0 Å². The van der Waals surface area contributed by atoms with Crippen LogP contribution in [0.5, 0.6) is 0 Å². The van der Waals surface area contributed by atoms with Crippen molar-refractivity contribution in [1.82, 2.24) is 5.32 Å². The Labute approximate surface area is 115 Å². The van der Waals surface area contributed by atoms with Crippen LogP contribution in [0.4, 0.5) is 0 Å². The third-order valence-corrected chi connectivity index (χ3v) is 4.13. The lowest BCUT2D eigenvalue weighted by Gasteiger charge is -2.43. The summed E-state index contributed by atoms with van der Waals surface area (Å²) in [5.74, 6) is -0.477. The molecule has 5 heteroatoms. The molecule has 0 saturated carbocycles. The Morgan fingerprint density at radius 2 is 2.05 bits per heavy atom. The number of rotatable bonds is 4. The van der Waals surface area contributed by atoms with E-state index < -0.39 is 11.5 Å². The molecular formula is C14H27NO4. The largest absolute Gasteiger partial charge is 0.373 e. The summed E-state index contributed by atoms with van der Waals surface area (Å²) < 4.78 is 17.4. The van der Waals surface area contributed by atoms with E-state index >= 15 is 0 Å². The van der Waals surface area contributed by atoms with Crippen LogP contribution in [0.15, 0.2) is 0 Å². The van der Waals surface area contributed by atoms with Crippen LogP contribution >= 0.6 is 0 Å². The number of aliphatic hydroxyl groups is 1. The number of hydrogen-bond acceptors (Lipinski definition) is 5. The molecular weight excluding hydrogens is 246 g/mol. The Hall–Kier alpha value is -0.200. The van der Waals surface area contributed by atoms with Crippen LogP contribution in [0.3, 0.4) is 0 Å². The summed E-state index contributed by atoms with van der Waals surface area (Å²) in [5, 5.41) is 13.4. The van der Waals surface area contributed by atoms with Crippen LogP contribution in [0.25, 0.3) is 0 Å². The summed E-state index contributed by atoms with van der Waals surface area (Å²) in [6.45, 7) is 6.53. The van der Waals surface area contributed by atoms with E-state index in [4.69, 9.17) is 14.2 Å². The van der Waals surface area contributed by atoms with Gasteiger partial charge in [0.15, 0.2) is 5.79 Å². The minimum atomic E-state index is -0.891.